The zero-order chi connectivity index (χ0) is 16.8. The van der Waals surface area contributed by atoms with E-state index in [1.54, 1.807) is 6.07 Å². The molecule has 1 aromatic carbocycles. The van der Waals surface area contributed by atoms with Gasteiger partial charge in [0.15, 0.2) is 5.78 Å². The van der Waals surface area contributed by atoms with E-state index in [2.05, 4.69) is 5.32 Å². The number of amides is 1. The maximum absolute atomic E-state index is 11.9. The summed E-state index contributed by atoms with van der Waals surface area (Å²) in [6.45, 7) is 4.01. The van der Waals surface area contributed by atoms with Crippen LogP contribution in [0, 0.1) is 13.8 Å². The zero-order valence-corrected chi connectivity index (χ0v) is 14.2. The van der Waals surface area contributed by atoms with Gasteiger partial charge in [0, 0.05) is 24.3 Å². The predicted molar refractivity (Wildman–Crippen MR) is 91.8 cm³/mol. The fraction of sp³-hybridized carbons (Fsp3) is 0.333. The van der Waals surface area contributed by atoms with Crippen LogP contribution in [0.3, 0.4) is 0 Å². The van der Waals surface area contributed by atoms with Gasteiger partial charge >= 0.3 is 0 Å². The second kappa shape index (κ2) is 8.04. The highest BCUT2D eigenvalue weighted by Crippen LogP contribution is 2.18. The molecule has 0 aliphatic carbocycles. The molecule has 0 bridgehead atoms. The van der Waals surface area contributed by atoms with E-state index < -0.39 is 6.10 Å². The molecule has 0 fully saturated rings. The quantitative estimate of drug-likeness (QED) is 0.766. The molecule has 0 saturated carbocycles. The maximum atomic E-state index is 11.9. The van der Waals surface area contributed by atoms with E-state index in [0.717, 1.165) is 16.0 Å². The molecule has 2 N–H and O–H groups in total. The van der Waals surface area contributed by atoms with Crippen LogP contribution >= 0.6 is 11.3 Å². The average molecular weight is 331 g/mol. The number of carbonyl (C=O) groups is 2. The number of hydrogen-bond donors (Lipinski definition) is 2. The number of carbonyl (C=O) groups excluding carboxylic acids is 2. The van der Waals surface area contributed by atoms with Crippen LogP contribution in [0.2, 0.25) is 0 Å². The second-order valence-corrected chi connectivity index (χ2v) is 6.80. The van der Waals surface area contributed by atoms with Gasteiger partial charge in [-0.05, 0) is 37.1 Å². The molecule has 0 radical (unpaired) electrons. The first-order valence-corrected chi connectivity index (χ1v) is 8.39. The lowest BCUT2D eigenvalue weighted by Gasteiger charge is -2.14. The van der Waals surface area contributed by atoms with Gasteiger partial charge in [-0.3, -0.25) is 9.59 Å². The van der Waals surface area contributed by atoms with Gasteiger partial charge in [0.2, 0.25) is 5.91 Å². The summed E-state index contributed by atoms with van der Waals surface area (Å²) in [5.74, 6) is -0.239. The van der Waals surface area contributed by atoms with Gasteiger partial charge in [-0.15, -0.1) is 11.3 Å². The Bertz CT molecular complexity index is 693. The first-order valence-electron chi connectivity index (χ1n) is 7.57. The monoisotopic (exact) mass is 331 g/mol. The third kappa shape index (κ3) is 5.01. The van der Waals surface area contributed by atoms with Crippen molar-refractivity contribution in [2.45, 2.75) is 32.8 Å². The van der Waals surface area contributed by atoms with Crippen LogP contribution in [-0.4, -0.2) is 23.3 Å². The van der Waals surface area contributed by atoms with Crippen molar-refractivity contribution in [1.29, 1.82) is 0 Å². The summed E-state index contributed by atoms with van der Waals surface area (Å²) in [6.07, 6.45) is -0.418. The molecule has 5 heteroatoms. The van der Waals surface area contributed by atoms with E-state index in [1.165, 1.54) is 11.3 Å². The Labute approximate surface area is 140 Å². The van der Waals surface area contributed by atoms with Crippen molar-refractivity contribution in [2.24, 2.45) is 0 Å². The topological polar surface area (TPSA) is 66.4 Å². The summed E-state index contributed by atoms with van der Waals surface area (Å²) < 4.78 is 0. The van der Waals surface area contributed by atoms with Crippen molar-refractivity contribution >= 4 is 23.0 Å². The van der Waals surface area contributed by atoms with Crippen LogP contribution in [0.15, 0.2) is 36.4 Å². The Morgan fingerprint density at radius 2 is 1.87 bits per heavy atom. The Morgan fingerprint density at radius 1 is 1.13 bits per heavy atom. The van der Waals surface area contributed by atoms with Gasteiger partial charge in [0.25, 0.3) is 0 Å². The summed E-state index contributed by atoms with van der Waals surface area (Å²) >= 11 is 1.44. The Kier molecular flexibility index (Phi) is 6.07. The van der Waals surface area contributed by atoms with Crippen LogP contribution in [-0.2, 0) is 4.79 Å². The van der Waals surface area contributed by atoms with Crippen LogP contribution < -0.4 is 5.32 Å². The van der Waals surface area contributed by atoms with Crippen molar-refractivity contribution < 1.29 is 14.7 Å². The summed E-state index contributed by atoms with van der Waals surface area (Å²) in [5, 5.41) is 12.8. The Morgan fingerprint density at radius 3 is 2.52 bits per heavy atom. The number of benzene rings is 1. The molecule has 122 valence electrons. The van der Waals surface area contributed by atoms with Crippen LogP contribution in [0.1, 0.15) is 44.6 Å². The van der Waals surface area contributed by atoms with E-state index in [-0.39, 0.29) is 31.1 Å². The average Bonchev–Trinajstić information content (AvgIpc) is 2.97. The van der Waals surface area contributed by atoms with Gasteiger partial charge in [-0.25, -0.2) is 0 Å². The highest BCUT2D eigenvalue weighted by molar-refractivity contribution is 7.14. The fourth-order valence-electron chi connectivity index (χ4n) is 2.30. The minimum absolute atomic E-state index is 0.0160. The molecule has 2 aromatic rings. The minimum atomic E-state index is -0.740. The number of thiophene rings is 1. The molecule has 2 rings (SSSR count). The molecule has 1 aromatic heterocycles. The molecule has 1 atom stereocenters. The van der Waals surface area contributed by atoms with Crippen molar-refractivity contribution in [2.75, 3.05) is 6.54 Å². The highest BCUT2D eigenvalue weighted by atomic mass is 32.1. The molecule has 0 saturated heterocycles. The van der Waals surface area contributed by atoms with E-state index >= 15 is 0 Å². The summed E-state index contributed by atoms with van der Waals surface area (Å²) in [4.78, 5) is 25.6. The minimum Gasteiger partial charge on any atom is -0.387 e. The number of aliphatic hydroxyl groups excluding tert-OH is 1. The van der Waals surface area contributed by atoms with Crippen molar-refractivity contribution in [1.82, 2.24) is 5.32 Å². The van der Waals surface area contributed by atoms with Crippen molar-refractivity contribution in [3.63, 3.8) is 0 Å². The smallest absolute Gasteiger partial charge is 0.220 e. The zero-order valence-electron chi connectivity index (χ0n) is 13.3. The molecule has 0 aliphatic heterocycles. The number of nitrogens with one attached hydrogen (secondary N) is 1. The molecule has 0 aliphatic rings. The summed E-state index contributed by atoms with van der Waals surface area (Å²) in [7, 11) is 0. The van der Waals surface area contributed by atoms with E-state index in [1.807, 2.05) is 44.2 Å². The van der Waals surface area contributed by atoms with Gasteiger partial charge in [0.1, 0.15) is 0 Å². The van der Waals surface area contributed by atoms with E-state index in [4.69, 9.17) is 0 Å². The van der Waals surface area contributed by atoms with Crippen LogP contribution in [0.25, 0.3) is 0 Å². The van der Waals surface area contributed by atoms with E-state index in [0.29, 0.717) is 4.88 Å². The third-order valence-corrected chi connectivity index (χ3v) is 4.68. The van der Waals surface area contributed by atoms with Crippen LogP contribution in [0.4, 0.5) is 0 Å². The summed E-state index contributed by atoms with van der Waals surface area (Å²) in [6, 6.07) is 11.2. The number of Topliss-reactive ketones (excluding diaryl/α,β-unsaturated/α-hetero) is 1. The Balaban J connectivity index is 1.77. The lowest BCUT2D eigenvalue weighted by molar-refractivity contribution is -0.121. The highest BCUT2D eigenvalue weighted by Gasteiger charge is 2.13. The largest absolute Gasteiger partial charge is 0.387 e. The number of hydrogen-bond acceptors (Lipinski definition) is 4. The van der Waals surface area contributed by atoms with Gasteiger partial charge < -0.3 is 10.4 Å². The van der Waals surface area contributed by atoms with Crippen molar-refractivity contribution in [3.05, 3.63) is 57.3 Å². The summed E-state index contributed by atoms with van der Waals surface area (Å²) in [5.41, 5.74) is 1.79. The standard InChI is InChI=1S/C18H21NO3S/c1-12-5-3-4-6-14(12)16(21)11-19-18(22)10-8-15(20)17-9-7-13(2)23-17/h3-7,9,16,21H,8,10-11H2,1-2H3,(H,19,22). The first-order chi connectivity index (χ1) is 11.0. The van der Waals surface area contributed by atoms with Gasteiger partial charge in [0.05, 0.1) is 11.0 Å². The lowest BCUT2D eigenvalue weighted by atomic mass is 10.0. The number of rotatable bonds is 7. The molecule has 4 nitrogen and oxygen atoms in total. The first kappa shape index (κ1) is 17.4. The molecule has 0 spiro atoms. The van der Waals surface area contributed by atoms with Crippen LogP contribution in [0.5, 0.6) is 0 Å². The lowest BCUT2D eigenvalue weighted by Crippen LogP contribution is -2.28. The molecule has 1 amide bonds. The maximum Gasteiger partial charge on any atom is 0.220 e. The van der Waals surface area contributed by atoms with Gasteiger partial charge in [-0.1, -0.05) is 24.3 Å². The number of aryl methyl sites for hydroxylation is 2. The molecule has 1 unspecified atom stereocenters. The predicted octanol–water partition coefficient (Wildman–Crippen LogP) is 3.18. The molecular weight excluding hydrogens is 310 g/mol. The molecular formula is C18H21NO3S. The van der Waals surface area contributed by atoms with Gasteiger partial charge in [-0.2, -0.15) is 0 Å². The third-order valence-electron chi connectivity index (χ3n) is 3.63. The SMILES string of the molecule is Cc1ccc(C(=O)CCC(=O)NCC(O)c2ccccc2C)s1. The van der Waals surface area contributed by atoms with E-state index in [9.17, 15) is 14.7 Å². The molecule has 23 heavy (non-hydrogen) atoms. The molecule has 1 heterocycles. The normalized spacial score (nSPS) is 12.0. The fourth-order valence-corrected chi connectivity index (χ4v) is 3.14. The Hall–Kier alpha value is -1.98. The number of aliphatic hydroxyl groups is 1. The number of ketones is 1. The second-order valence-electron chi connectivity index (χ2n) is 5.51. The van der Waals surface area contributed by atoms with Crippen molar-refractivity contribution in [3.8, 4) is 0 Å².